The first-order chi connectivity index (χ1) is 13.7. The molecule has 1 fully saturated rings. The summed E-state index contributed by atoms with van der Waals surface area (Å²) in [5.41, 5.74) is 1.01. The highest BCUT2D eigenvalue weighted by molar-refractivity contribution is 5.91. The normalized spacial score (nSPS) is 16.6. The van der Waals surface area contributed by atoms with Gasteiger partial charge in [0.05, 0.1) is 5.56 Å². The van der Waals surface area contributed by atoms with Crippen LogP contribution in [0.15, 0.2) is 18.2 Å². The van der Waals surface area contributed by atoms with Crippen LogP contribution in [0.25, 0.3) is 11.4 Å². The van der Waals surface area contributed by atoms with Crippen LogP contribution in [0.3, 0.4) is 0 Å². The summed E-state index contributed by atoms with van der Waals surface area (Å²) >= 11 is 0. The number of aromatic nitrogens is 3. The molecule has 3 heterocycles. The molecule has 2 aliphatic heterocycles. The Kier molecular flexibility index (Phi) is 9.52. The summed E-state index contributed by atoms with van der Waals surface area (Å²) in [6.45, 7) is 2.89. The molecule has 30 heavy (non-hydrogen) atoms. The van der Waals surface area contributed by atoms with Crippen molar-refractivity contribution in [2.75, 3.05) is 18.4 Å². The zero-order valence-corrected chi connectivity index (χ0v) is 18.7. The number of anilines is 1. The van der Waals surface area contributed by atoms with Crippen molar-refractivity contribution in [1.82, 2.24) is 20.1 Å². The second-order valence-corrected chi connectivity index (χ2v) is 7.88. The van der Waals surface area contributed by atoms with Gasteiger partial charge in [-0.25, -0.2) is 4.39 Å². The average Bonchev–Trinajstić information content (AvgIpc) is 2.96. The van der Waals surface area contributed by atoms with Gasteiger partial charge in [-0.1, -0.05) is 6.42 Å². The smallest absolute Gasteiger partial charge is 0.224 e. The summed E-state index contributed by atoms with van der Waals surface area (Å²) in [7, 11) is 0. The molecule has 4 rings (SSSR count). The van der Waals surface area contributed by atoms with Crippen molar-refractivity contribution in [3.63, 3.8) is 0 Å². The quantitative estimate of drug-likeness (QED) is 0.698. The molecule has 0 spiro atoms. The minimum Gasteiger partial charge on any atom is -0.326 e. The number of carbonyl (C=O) groups excluding carboxylic acids is 1. The molecule has 1 aromatic heterocycles. The summed E-state index contributed by atoms with van der Waals surface area (Å²) in [6.07, 6.45) is 7.83. The molecule has 2 aliphatic rings. The van der Waals surface area contributed by atoms with Crippen LogP contribution >= 0.6 is 24.8 Å². The SMILES string of the molecule is Cl.Cl.O=C(CCC1CCNCC1)Nc1ccc(F)c(-c2nnc3n2CCCCC3)c1. The first kappa shape index (κ1) is 24.6. The Balaban J connectivity index is 0.00000160. The topological polar surface area (TPSA) is 71.8 Å². The molecule has 0 aliphatic carbocycles. The fourth-order valence-electron chi connectivity index (χ4n) is 4.19. The molecular formula is C21H30Cl2FN5O. The number of halogens is 3. The van der Waals surface area contributed by atoms with E-state index >= 15 is 0 Å². The highest BCUT2D eigenvalue weighted by Gasteiger charge is 2.20. The number of nitrogens with one attached hydrogen (secondary N) is 2. The van der Waals surface area contributed by atoms with Gasteiger partial charge in [0.1, 0.15) is 11.6 Å². The minimum absolute atomic E-state index is 0. The van der Waals surface area contributed by atoms with Gasteiger partial charge in [-0.05, 0) is 69.3 Å². The first-order valence-electron chi connectivity index (χ1n) is 10.4. The summed E-state index contributed by atoms with van der Waals surface area (Å²) < 4.78 is 16.6. The second kappa shape index (κ2) is 11.6. The van der Waals surface area contributed by atoms with Crippen LogP contribution in [0.1, 0.15) is 50.8 Å². The Morgan fingerprint density at radius 1 is 1.17 bits per heavy atom. The Morgan fingerprint density at radius 2 is 1.97 bits per heavy atom. The number of fused-ring (bicyclic) bond motifs is 1. The summed E-state index contributed by atoms with van der Waals surface area (Å²) in [5.74, 6) is 1.73. The Labute approximate surface area is 189 Å². The molecule has 2 N–H and O–H groups in total. The van der Waals surface area contributed by atoms with Gasteiger partial charge < -0.3 is 15.2 Å². The molecule has 0 saturated carbocycles. The van der Waals surface area contributed by atoms with E-state index in [1.54, 1.807) is 12.1 Å². The standard InChI is InChI=1S/C21H28FN5O.2ClH/c22-18-7-6-16(24-20(28)8-5-15-9-11-23-12-10-15)14-17(18)21-26-25-19-4-2-1-3-13-27(19)21;;/h6-7,14-15,23H,1-5,8-13H2,(H,24,28);2*1H. The lowest BCUT2D eigenvalue weighted by molar-refractivity contribution is -0.116. The third kappa shape index (κ3) is 5.93. The lowest BCUT2D eigenvalue weighted by atomic mass is 9.93. The molecule has 0 unspecified atom stereocenters. The van der Waals surface area contributed by atoms with Crippen molar-refractivity contribution < 1.29 is 9.18 Å². The van der Waals surface area contributed by atoms with E-state index in [2.05, 4.69) is 20.8 Å². The third-order valence-corrected chi connectivity index (χ3v) is 5.84. The van der Waals surface area contributed by atoms with Crippen molar-refractivity contribution in [2.24, 2.45) is 5.92 Å². The number of rotatable bonds is 5. The number of carbonyl (C=O) groups is 1. The van der Waals surface area contributed by atoms with Crippen LogP contribution in [0, 0.1) is 11.7 Å². The molecule has 1 amide bonds. The molecule has 0 bridgehead atoms. The number of benzene rings is 1. The van der Waals surface area contributed by atoms with Gasteiger partial charge in [0.2, 0.25) is 5.91 Å². The number of aryl methyl sites for hydroxylation is 1. The van der Waals surface area contributed by atoms with E-state index in [0.29, 0.717) is 29.4 Å². The molecule has 1 saturated heterocycles. The largest absolute Gasteiger partial charge is 0.326 e. The molecule has 9 heteroatoms. The van der Waals surface area contributed by atoms with E-state index in [1.165, 1.54) is 6.07 Å². The monoisotopic (exact) mass is 457 g/mol. The van der Waals surface area contributed by atoms with E-state index in [1.807, 2.05) is 4.57 Å². The van der Waals surface area contributed by atoms with E-state index in [-0.39, 0.29) is 36.5 Å². The summed E-state index contributed by atoms with van der Waals surface area (Å²) in [6, 6.07) is 4.69. The van der Waals surface area contributed by atoms with Gasteiger partial charge >= 0.3 is 0 Å². The lowest BCUT2D eigenvalue weighted by Crippen LogP contribution is -2.28. The van der Waals surface area contributed by atoms with Crippen molar-refractivity contribution >= 4 is 36.4 Å². The molecular weight excluding hydrogens is 428 g/mol. The van der Waals surface area contributed by atoms with Gasteiger partial charge in [-0.15, -0.1) is 35.0 Å². The Morgan fingerprint density at radius 3 is 2.77 bits per heavy atom. The zero-order valence-electron chi connectivity index (χ0n) is 17.0. The number of nitrogens with zero attached hydrogens (tertiary/aromatic N) is 3. The minimum atomic E-state index is -0.341. The van der Waals surface area contributed by atoms with E-state index in [4.69, 9.17) is 0 Å². The van der Waals surface area contributed by atoms with Crippen molar-refractivity contribution in [1.29, 1.82) is 0 Å². The summed E-state index contributed by atoms with van der Waals surface area (Å²) in [4.78, 5) is 12.4. The van der Waals surface area contributed by atoms with Gasteiger partial charge in [-0.2, -0.15) is 0 Å². The number of hydrogen-bond donors (Lipinski definition) is 2. The van der Waals surface area contributed by atoms with E-state index in [0.717, 1.165) is 70.4 Å². The fraction of sp³-hybridized carbons (Fsp3) is 0.571. The van der Waals surface area contributed by atoms with E-state index < -0.39 is 0 Å². The van der Waals surface area contributed by atoms with Gasteiger partial charge in [-0.3, -0.25) is 4.79 Å². The second-order valence-electron chi connectivity index (χ2n) is 7.88. The highest BCUT2D eigenvalue weighted by Crippen LogP contribution is 2.28. The zero-order chi connectivity index (χ0) is 19.3. The molecule has 0 radical (unpaired) electrons. The van der Waals surface area contributed by atoms with Crippen molar-refractivity contribution in [2.45, 2.75) is 57.9 Å². The van der Waals surface area contributed by atoms with Crippen LogP contribution in [-0.2, 0) is 17.8 Å². The molecule has 1 aromatic carbocycles. The lowest BCUT2D eigenvalue weighted by Gasteiger charge is -2.22. The van der Waals surface area contributed by atoms with Crippen LogP contribution in [-0.4, -0.2) is 33.8 Å². The molecule has 0 atom stereocenters. The predicted molar refractivity (Wildman–Crippen MR) is 121 cm³/mol. The van der Waals surface area contributed by atoms with Gasteiger partial charge in [0, 0.05) is 25.1 Å². The predicted octanol–water partition coefficient (Wildman–Crippen LogP) is 4.37. The summed E-state index contributed by atoms with van der Waals surface area (Å²) in [5, 5.41) is 14.8. The maximum absolute atomic E-state index is 14.5. The molecule has 6 nitrogen and oxygen atoms in total. The van der Waals surface area contributed by atoms with Crippen molar-refractivity contribution in [3.8, 4) is 11.4 Å². The number of piperidine rings is 1. The molecule has 166 valence electrons. The maximum atomic E-state index is 14.5. The average molecular weight is 458 g/mol. The Hall–Kier alpha value is -1.70. The highest BCUT2D eigenvalue weighted by atomic mass is 35.5. The van der Waals surface area contributed by atoms with Gasteiger partial charge in [0.25, 0.3) is 0 Å². The van der Waals surface area contributed by atoms with Crippen molar-refractivity contribution in [3.05, 3.63) is 29.8 Å². The van der Waals surface area contributed by atoms with E-state index in [9.17, 15) is 9.18 Å². The number of hydrogen-bond acceptors (Lipinski definition) is 4. The maximum Gasteiger partial charge on any atom is 0.224 e. The molecule has 2 aromatic rings. The van der Waals surface area contributed by atoms with Gasteiger partial charge in [0.15, 0.2) is 5.82 Å². The third-order valence-electron chi connectivity index (χ3n) is 5.84. The van der Waals surface area contributed by atoms with Crippen LogP contribution in [0.4, 0.5) is 10.1 Å². The fourth-order valence-corrected chi connectivity index (χ4v) is 4.19. The number of amides is 1. The first-order valence-corrected chi connectivity index (χ1v) is 10.4. The van der Waals surface area contributed by atoms with Crippen LogP contribution in [0.5, 0.6) is 0 Å². The van der Waals surface area contributed by atoms with Crippen LogP contribution in [0.2, 0.25) is 0 Å². The van der Waals surface area contributed by atoms with Crippen LogP contribution < -0.4 is 10.6 Å². The Bertz CT molecular complexity index is 839.